The van der Waals surface area contributed by atoms with E-state index in [2.05, 4.69) is 4.98 Å². The normalized spacial score (nSPS) is 13.3. The molecule has 1 aromatic heterocycles. The molecule has 0 spiro atoms. The maximum atomic E-state index is 13.0. The molecule has 0 atom stereocenters. The molecular formula is C21H13ClF9NO3. The molecule has 2 aromatic carbocycles. The molecule has 3 aromatic rings. The lowest BCUT2D eigenvalue weighted by molar-refractivity contribution is -0.376. The van der Waals surface area contributed by atoms with Crippen LogP contribution >= 0.6 is 11.6 Å². The third-order valence-corrected chi connectivity index (χ3v) is 5.16. The zero-order valence-electron chi connectivity index (χ0n) is 17.2. The Balaban J connectivity index is 1.84. The number of benzene rings is 2. The van der Waals surface area contributed by atoms with Crippen molar-refractivity contribution in [2.45, 2.75) is 37.7 Å². The Hall–Kier alpha value is -2.93. The van der Waals surface area contributed by atoms with Crippen LogP contribution in [0, 0.1) is 6.92 Å². The van der Waals surface area contributed by atoms with Crippen LogP contribution in [0.1, 0.15) is 22.6 Å². The smallest absolute Gasteiger partial charge is 0.430 e. The fraction of sp³-hybridized carbons (Fsp3) is 0.286. The molecular weight excluding hydrogens is 521 g/mol. The number of aryl methyl sites for hydroxylation is 1. The highest BCUT2D eigenvalue weighted by Crippen LogP contribution is 2.51. The van der Waals surface area contributed by atoms with Gasteiger partial charge in [-0.25, -0.2) is 4.98 Å². The van der Waals surface area contributed by atoms with Crippen LogP contribution in [0.4, 0.5) is 39.5 Å². The first-order chi connectivity index (χ1) is 15.9. The zero-order valence-corrected chi connectivity index (χ0v) is 18.0. The van der Waals surface area contributed by atoms with Gasteiger partial charge in [-0.1, -0.05) is 23.7 Å². The second-order valence-electron chi connectivity index (χ2n) is 7.24. The van der Waals surface area contributed by atoms with Gasteiger partial charge in [0.25, 0.3) is 5.60 Å². The van der Waals surface area contributed by atoms with Crippen molar-refractivity contribution in [2.75, 3.05) is 0 Å². The zero-order chi connectivity index (χ0) is 26.4. The van der Waals surface area contributed by atoms with E-state index in [9.17, 15) is 44.6 Å². The van der Waals surface area contributed by atoms with E-state index in [1.165, 1.54) is 13.0 Å². The van der Waals surface area contributed by atoms with E-state index < -0.39 is 46.9 Å². The number of halogens is 10. The standard InChI is InChI=1S/C21H13ClF9NO3/c1-10-15(32-17(35-10)11-3-2-4-13(7-11)19(23,24)25)9-34-16-6-5-12(8-14(16)22)18(33,20(26,27)28)21(29,30)31/h2-8,33H,9H2,1H3. The molecule has 190 valence electrons. The monoisotopic (exact) mass is 533 g/mol. The third-order valence-electron chi connectivity index (χ3n) is 4.86. The molecule has 0 amide bonds. The van der Waals surface area contributed by atoms with Gasteiger partial charge in [0.05, 0.1) is 10.6 Å². The number of hydrogen-bond acceptors (Lipinski definition) is 4. The van der Waals surface area contributed by atoms with Gasteiger partial charge in [0.2, 0.25) is 5.89 Å². The maximum Gasteiger partial charge on any atom is 0.430 e. The van der Waals surface area contributed by atoms with Gasteiger partial charge in [-0.05, 0) is 37.3 Å². The van der Waals surface area contributed by atoms with E-state index in [1.807, 2.05) is 0 Å². The molecule has 0 aliphatic heterocycles. The van der Waals surface area contributed by atoms with Gasteiger partial charge in [-0.3, -0.25) is 0 Å². The van der Waals surface area contributed by atoms with E-state index in [0.717, 1.165) is 18.2 Å². The Labute approximate surface area is 195 Å². The number of nitrogens with zero attached hydrogens (tertiary/aromatic N) is 1. The van der Waals surface area contributed by atoms with Crippen molar-refractivity contribution < 1.29 is 53.8 Å². The van der Waals surface area contributed by atoms with E-state index in [4.69, 9.17) is 20.8 Å². The van der Waals surface area contributed by atoms with Crippen molar-refractivity contribution in [1.82, 2.24) is 4.98 Å². The number of oxazole rings is 1. The van der Waals surface area contributed by atoms with E-state index in [-0.39, 0.29) is 34.7 Å². The van der Waals surface area contributed by atoms with E-state index >= 15 is 0 Å². The molecule has 0 fully saturated rings. The molecule has 0 bridgehead atoms. The molecule has 0 aliphatic rings. The summed E-state index contributed by atoms with van der Waals surface area (Å²) in [6.45, 7) is 0.983. The molecule has 0 saturated heterocycles. The highest BCUT2D eigenvalue weighted by Gasteiger charge is 2.71. The summed E-state index contributed by atoms with van der Waals surface area (Å²) in [5.41, 5.74) is -7.58. The number of alkyl halides is 9. The highest BCUT2D eigenvalue weighted by molar-refractivity contribution is 6.32. The van der Waals surface area contributed by atoms with Crippen LogP contribution in [-0.2, 0) is 18.4 Å². The number of hydrogen-bond donors (Lipinski definition) is 1. The fourth-order valence-electron chi connectivity index (χ4n) is 2.99. The first-order valence-electron chi connectivity index (χ1n) is 9.37. The van der Waals surface area contributed by atoms with Crippen molar-refractivity contribution in [3.63, 3.8) is 0 Å². The Morgan fingerprint density at radius 3 is 2.09 bits per heavy atom. The van der Waals surface area contributed by atoms with Crippen molar-refractivity contribution >= 4 is 11.6 Å². The second-order valence-corrected chi connectivity index (χ2v) is 7.65. The summed E-state index contributed by atoms with van der Waals surface area (Å²) in [4.78, 5) is 4.03. The first kappa shape index (κ1) is 26.7. The average Bonchev–Trinajstić information content (AvgIpc) is 3.10. The van der Waals surface area contributed by atoms with Gasteiger partial charge in [0.1, 0.15) is 23.8 Å². The van der Waals surface area contributed by atoms with Crippen LogP contribution in [0.2, 0.25) is 5.02 Å². The molecule has 1 N–H and O–H groups in total. The summed E-state index contributed by atoms with van der Waals surface area (Å²) in [5.74, 6) is -0.382. The third kappa shape index (κ3) is 5.20. The SMILES string of the molecule is Cc1oc(-c2cccc(C(F)(F)F)c2)nc1COc1ccc(C(O)(C(F)(F)F)C(F)(F)F)cc1Cl. The molecule has 1 heterocycles. The van der Waals surface area contributed by atoms with E-state index in [0.29, 0.717) is 12.1 Å². The van der Waals surface area contributed by atoms with Gasteiger partial charge in [-0.15, -0.1) is 0 Å². The summed E-state index contributed by atoms with van der Waals surface area (Å²) in [7, 11) is 0. The predicted molar refractivity (Wildman–Crippen MR) is 103 cm³/mol. The molecule has 4 nitrogen and oxygen atoms in total. The molecule has 0 aliphatic carbocycles. The van der Waals surface area contributed by atoms with Gasteiger partial charge in [-0.2, -0.15) is 39.5 Å². The van der Waals surface area contributed by atoms with Gasteiger partial charge < -0.3 is 14.3 Å². The quantitative estimate of drug-likeness (QED) is 0.352. The van der Waals surface area contributed by atoms with Crippen LogP contribution < -0.4 is 4.74 Å². The lowest BCUT2D eigenvalue weighted by Crippen LogP contribution is -2.53. The van der Waals surface area contributed by atoms with Gasteiger partial charge in [0, 0.05) is 11.1 Å². The fourth-order valence-corrected chi connectivity index (χ4v) is 3.23. The van der Waals surface area contributed by atoms with Crippen LogP contribution in [0.3, 0.4) is 0 Å². The molecule has 3 rings (SSSR count). The summed E-state index contributed by atoms with van der Waals surface area (Å²) in [5, 5.41) is 8.78. The summed E-state index contributed by atoms with van der Waals surface area (Å²) in [6, 6.07) is 5.46. The van der Waals surface area contributed by atoms with E-state index in [1.54, 1.807) is 0 Å². The molecule has 0 radical (unpaired) electrons. The van der Waals surface area contributed by atoms with Gasteiger partial charge in [0.15, 0.2) is 0 Å². The largest absolute Gasteiger partial charge is 0.486 e. The highest BCUT2D eigenvalue weighted by atomic mass is 35.5. The molecule has 0 unspecified atom stereocenters. The number of aromatic nitrogens is 1. The Bertz CT molecular complexity index is 1200. The lowest BCUT2D eigenvalue weighted by Gasteiger charge is -2.32. The topological polar surface area (TPSA) is 55.5 Å². The molecule has 35 heavy (non-hydrogen) atoms. The minimum absolute atomic E-state index is 0.00940. The second kappa shape index (κ2) is 8.94. The van der Waals surface area contributed by atoms with Crippen LogP contribution in [0.25, 0.3) is 11.5 Å². The minimum Gasteiger partial charge on any atom is -0.486 e. The van der Waals surface area contributed by atoms with Crippen LogP contribution in [0.5, 0.6) is 5.75 Å². The van der Waals surface area contributed by atoms with Crippen molar-refractivity contribution in [3.8, 4) is 17.2 Å². The Kier molecular flexibility index (Phi) is 6.81. The van der Waals surface area contributed by atoms with Crippen LogP contribution in [0.15, 0.2) is 46.9 Å². The Morgan fingerprint density at radius 1 is 0.914 bits per heavy atom. The number of ether oxygens (including phenoxy) is 1. The summed E-state index contributed by atoms with van der Waals surface area (Å²) < 4.78 is 128. The average molecular weight is 534 g/mol. The minimum atomic E-state index is -6.09. The summed E-state index contributed by atoms with van der Waals surface area (Å²) >= 11 is 5.78. The van der Waals surface area contributed by atoms with Crippen molar-refractivity contribution in [3.05, 3.63) is 70.1 Å². The maximum absolute atomic E-state index is 13.0. The summed E-state index contributed by atoms with van der Waals surface area (Å²) in [6.07, 6.45) is -16.8. The number of aliphatic hydroxyl groups is 1. The lowest BCUT2D eigenvalue weighted by atomic mass is 9.92. The predicted octanol–water partition coefficient (Wildman–Crippen LogP) is 7.21. The van der Waals surface area contributed by atoms with Crippen LogP contribution in [-0.4, -0.2) is 22.4 Å². The van der Waals surface area contributed by atoms with Crippen molar-refractivity contribution in [2.24, 2.45) is 0 Å². The molecule has 14 heteroatoms. The number of rotatable bonds is 5. The van der Waals surface area contributed by atoms with Crippen molar-refractivity contribution in [1.29, 1.82) is 0 Å². The first-order valence-corrected chi connectivity index (χ1v) is 9.75. The molecule has 0 saturated carbocycles. The van der Waals surface area contributed by atoms with Gasteiger partial charge >= 0.3 is 18.5 Å². The Morgan fingerprint density at radius 2 is 1.54 bits per heavy atom.